The number of hydrogen-bond donors (Lipinski definition) is 1. The largest absolute Gasteiger partial charge is 0.497 e. The van der Waals surface area contributed by atoms with Crippen molar-refractivity contribution >= 4 is 11.6 Å². The molecular formula is C23H24N4O3. The molecule has 2 heterocycles. The van der Waals surface area contributed by atoms with Crippen molar-refractivity contribution in [3.8, 4) is 17.1 Å². The van der Waals surface area contributed by atoms with E-state index < -0.39 is 6.04 Å². The number of aromatic nitrogens is 2. The van der Waals surface area contributed by atoms with Gasteiger partial charge in [-0.1, -0.05) is 47.1 Å². The summed E-state index contributed by atoms with van der Waals surface area (Å²) in [5.74, 6) is 1.65. The summed E-state index contributed by atoms with van der Waals surface area (Å²) in [6, 6.07) is 15.0. The summed E-state index contributed by atoms with van der Waals surface area (Å²) in [4.78, 5) is 19.0. The van der Waals surface area contributed by atoms with Crippen molar-refractivity contribution in [2.45, 2.75) is 26.8 Å². The Morgan fingerprint density at radius 1 is 1.10 bits per heavy atom. The number of carbonyl (C=O) groups excluding carboxylic acids is 1. The Morgan fingerprint density at radius 2 is 1.80 bits per heavy atom. The van der Waals surface area contributed by atoms with Crippen LogP contribution in [0.5, 0.6) is 5.75 Å². The Hall–Kier alpha value is -3.61. The highest BCUT2D eigenvalue weighted by molar-refractivity contribution is 5.86. The number of urea groups is 1. The van der Waals surface area contributed by atoms with Crippen LogP contribution in [0.15, 0.2) is 58.8 Å². The molecule has 7 nitrogen and oxygen atoms in total. The predicted molar refractivity (Wildman–Crippen MR) is 114 cm³/mol. The molecule has 0 spiro atoms. The lowest BCUT2D eigenvalue weighted by Crippen LogP contribution is -2.45. The fourth-order valence-corrected chi connectivity index (χ4v) is 3.64. The average Bonchev–Trinajstić information content (AvgIpc) is 3.24. The lowest BCUT2D eigenvalue weighted by molar-refractivity contribution is 0.207. The third-order valence-electron chi connectivity index (χ3n) is 5.33. The van der Waals surface area contributed by atoms with Gasteiger partial charge in [-0.15, -0.1) is 0 Å². The molecule has 3 aromatic rings. The predicted octanol–water partition coefficient (Wildman–Crippen LogP) is 4.57. The van der Waals surface area contributed by atoms with Crippen molar-refractivity contribution in [1.29, 1.82) is 0 Å². The maximum absolute atomic E-state index is 12.7. The zero-order valence-electron chi connectivity index (χ0n) is 17.5. The average molecular weight is 404 g/mol. The maximum Gasteiger partial charge on any atom is 0.322 e. The van der Waals surface area contributed by atoms with E-state index in [0.29, 0.717) is 18.3 Å². The van der Waals surface area contributed by atoms with Gasteiger partial charge >= 0.3 is 6.03 Å². The van der Waals surface area contributed by atoms with Gasteiger partial charge < -0.3 is 14.6 Å². The van der Waals surface area contributed by atoms with E-state index in [0.717, 1.165) is 33.7 Å². The summed E-state index contributed by atoms with van der Waals surface area (Å²) in [5, 5.41) is 7.25. The number of rotatable bonds is 5. The number of ether oxygens (including phenoxy) is 1. The fourth-order valence-electron chi connectivity index (χ4n) is 3.64. The van der Waals surface area contributed by atoms with Crippen molar-refractivity contribution in [3.05, 3.63) is 71.2 Å². The maximum atomic E-state index is 12.7. The molecule has 1 aliphatic heterocycles. The zero-order valence-corrected chi connectivity index (χ0v) is 17.5. The van der Waals surface area contributed by atoms with Crippen LogP contribution < -0.4 is 10.1 Å². The minimum atomic E-state index is -0.405. The van der Waals surface area contributed by atoms with Crippen molar-refractivity contribution in [1.82, 2.24) is 20.4 Å². The van der Waals surface area contributed by atoms with Crippen molar-refractivity contribution in [3.63, 3.8) is 0 Å². The molecule has 0 fully saturated rings. The third-order valence-corrected chi connectivity index (χ3v) is 5.33. The molecular weight excluding hydrogens is 380 g/mol. The molecule has 4 rings (SSSR count). The molecule has 1 atom stereocenters. The molecule has 1 unspecified atom stereocenters. The smallest absolute Gasteiger partial charge is 0.322 e. The zero-order chi connectivity index (χ0) is 21.3. The van der Waals surface area contributed by atoms with Crippen molar-refractivity contribution in [2.75, 3.05) is 13.7 Å². The Labute approximate surface area is 175 Å². The first-order valence-corrected chi connectivity index (χ1v) is 9.85. The quantitative estimate of drug-likeness (QED) is 0.674. The first-order chi connectivity index (χ1) is 14.5. The molecule has 154 valence electrons. The van der Waals surface area contributed by atoms with E-state index >= 15 is 0 Å². The normalized spacial score (nSPS) is 16.6. The Balaban J connectivity index is 1.79. The number of methoxy groups -OCH3 is 1. The van der Waals surface area contributed by atoms with E-state index in [1.54, 1.807) is 12.0 Å². The van der Waals surface area contributed by atoms with Crippen molar-refractivity contribution in [2.24, 2.45) is 0 Å². The second-order valence-electron chi connectivity index (χ2n) is 7.19. The highest BCUT2D eigenvalue weighted by Crippen LogP contribution is 2.37. The highest BCUT2D eigenvalue weighted by Gasteiger charge is 2.35. The minimum Gasteiger partial charge on any atom is -0.497 e. The Morgan fingerprint density at radius 3 is 2.43 bits per heavy atom. The van der Waals surface area contributed by atoms with Crippen LogP contribution in [0.25, 0.3) is 17.0 Å². The van der Waals surface area contributed by atoms with Gasteiger partial charge in [-0.25, -0.2) is 4.79 Å². The summed E-state index contributed by atoms with van der Waals surface area (Å²) in [6.45, 7) is 6.41. The molecule has 30 heavy (non-hydrogen) atoms. The summed E-state index contributed by atoms with van der Waals surface area (Å²) >= 11 is 0. The van der Waals surface area contributed by atoms with Crippen LogP contribution in [-0.2, 0) is 0 Å². The van der Waals surface area contributed by atoms with Crippen LogP contribution in [0.2, 0.25) is 0 Å². The van der Waals surface area contributed by atoms with Crippen LogP contribution in [0.1, 0.15) is 36.9 Å². The van der Waals surface area contributed by atoms with Crippen LogP contribution in [0.4, 0.5) is 4.79 Å². The van der Waals surface area contributed by atoms with Gasteiger partial charge in [-0.3, -0.25) is 4.90 Å². The van der Waals surface area contributed by atoms with Gasteiger partial charge in [0.05, 0.1) is 18.7 Å². The monoisotopic (exact) mass is 404 g/mol. The molecule has 0 radical (unpaired) electrons. The lowest BCUT2D eigenvalue weighted by Gasteiger charge is -2.34. The van der Waals surface area contributed by atoms with Gasteiger partial charge in [0.1, 0.15) is 5.75 Å². The summed E-state index contributed by atoms with van der Waals surface area (Å²) in [7, 11) is 1.62. The Bertz CT molecular complexity index is 1080. The van der Waals surface area contributed by atoms with Crippen LogP contribution in [0, 0.1) is 6.92 Å². The SMILES string of the molecule is CCN1C(=O)NC(c2ccc(OC)cc2)C(c2nc(-c3ccc(C)cc3)no2)=C1C. The number of allylic oxidation sites excluding steroid dienone is 1. The minimum absolute atomic E-state index is 0.155. The number of nitrogens with zero attached hydrogens (tertiary/aromatic N) is 3. The number of hydrogen-bond acceptors (Lipinski definition) is 5. The topological polar surface area (TPSA) is 80.5 Å². The molecule has 1 N–H and O–H groups in total. The molecule has 7 heteroatoms. The highest BCUT2D eigenvalue weighted by atomic mass is 16.5. The molecule has 0 saturated carbocycles. The van der Waals surface area contributed by atoms with E-state index in [2.05, 4.69) is 15.5 Å². The standard InChI is InChI=1S/C23H24N4O3/c1-5-27-15(3)19(20(24-23(27)28)16-10-12-18(29-4)13-11-16)22-25-21(26-30-22)17-8-6-14(2)7-9-17/h6-13,20H,5H2,1-4H3,(H,24,28). The molecule has 1 aromatic heterocycles. The van der Waals surface area contributed by atoms with Gasteiger partial charge in [0.25, 0.3) is 5.89 Å². The summed E-state index contributed by atoms with van der Waals surface area (Å²) in [6.07, 6.45) is 0. The van der Waals surface area contributed by atoms with Gasteiger partial charge in [-0.05, 0) is 38.5 Å². The van der Waals surface area contributed by atoms with E-state index in [4.69, 9.17) is 9.26 Å². The van der Waals surface area contributed by atoms with E-state index in [1.165, 1.54) is 0 Å². The lowest BCUT2D eigenvalue weighted by atomic mass is 9.94. The molecule has 1 aliphatic rings. The number of benzene rings is 2. The van der Waals surface area contributed by atoms with Crippen molar-refractivity contribution < 1.29 is 14.1 Å². The molecule has 0 aliphatic carbocycles. The molecule has 0 saturated heterocycles. The van der Waals surface area contributed by atoms with Crippen LogP contribution in [0.3, 0.4) is 0 Å². The number of carbonyl (C=O) groups is 1. The van der Waals surface area contributed by atoms with E-state index in [-0.39, 0.29) is 6.03 Å². The second kappa shape index (κ2) is 8.02. The van der Waals surface area contributed by atoms with Gasteiger partial charge in [0.15, 0.2) is 0 Å². The number of aryl methyl sites for hydroxylation is 1. The summed E-state index contributed by atoms with van der Waals surface area (Å²) in [5.41, 5.74) is 4.52. The third kappa shape index (κ3) is 3.54. The van der Waals surface area contributed by atoms with Gasteiger partial charge in [-0.2, -0.15) is 4.98 Å². The second-order valence-corrected chi connectivity index (χ2v) is 7.19. The first-order valence-electron chi connectivity index (χ1n) is 9.85. The van der Waals surface area contributed by atoms with Gasteiger partial charge in [0.2, 0.25) is 5.82 Å². The Kier molecular flexibility index (Phi) is 5.27. The van der Waals surface area contributed by atoms with Crippen LogP contribution in [-0.4, -0.2) is 34.7 Å². The van der Waals surface area contributed by atoms with E-state index in [9.17, 15) is 4.79 Å². The number of nitrogens with one attached hydrogen (secondary N) is 1. The summed E-state index contributed by atoms with van der Waals surface area (Å²) < 4.78 is 10.9. The molecule has 2 amide bonds. The van der Waals surface area contributed by atoms with Crippen LogP contribution >= 0.6 is 0 Å². The van der Waals surface area contributed by atoms with E-state index in [1.807, 2.05) is 69.3 Å². The first kappa shape index (κ1) is 19.7. The number of amides is 2. The van der Waals surface area contributed by atoms with Gasteiger partial charge in [0, 0.05) is 17.8 Å². The molecule has 0 bridgehead atoms. The molecule has 2 aromatic carbocycles. The fraction of sp³-hybridized carbons (Fsp3) is 0.261.